The van der Waals surface area contributed by atoms with E-state index < -0.39 is 9.85 Å². The molecule has 0 spiro atoms. The summed E-state index contributed by atoms with van der Waals surface area (Å²) < 4.78 is 0. The van der Waals surface area contributed by atoms with Crippen molar-refractivity contribution in [3.05, 3.63) is 80.4 Å². The summed E-state index contributed by atoms with van der Waals surface area (Å²) in [6.07, 6.45) is 10.4. The summed E-state index contributed by atoms with van der Waals surface area (Å²) in [5.74, 6) is -0.377. The average Bonchev–Trinajstić information content (AvgIpc) is 2.98. The maximum absolute atomic E-state index is 13.9. The summed E-state index contributed by atoms with van der Waals surface area (Å²) in [5, 5.41) is 32.4. The minimum absolute atomic E-state index is 0.0418. The fourth-order valence-corrected chi connectivity index (χ4v) is 6.46. The lowest BCUT2D eigenvalue weighted by Gasteiger charge is -2.21. The van der Waals surface area contributed by atoms with E-state index in [0.29, 0.717) is 32.3 Å². The number of carbonyl (C=O) groups excluding carboxylic acids is 1. The van der Waals surface area contributed by atoms with Crippen LogP contribution < -0.4 is 5.32 Å². The molecule has 1 amide bonds. The zero-order valence-electron chi connectivity index (χ0n) is 24.3. The molecule has 42 heavy (non-hydrogen) atoms. The van der Waals surface area contributed by atoms with Crippen LogP contribution in [0.2, 0.25) is 0 Å². The smallest absolute Gasteiger partial charge is 0.278 e. The molecule has 0 aliphatic rings. The molecular formula is C34H37N3O5. The lowest BCUT2D eigenvalue weighted by atomic mass is 9.86. The second kappa shape index (κ2) is 12.7. The maximum atomic E-state index is 13.9. The van der Waals surface area contributed by atoms with Crippen molar-refractivity contribution in [2.75, 3.05) is 0 Å². The molecule has 0 atom stereocenters. The summed E-state index contributed by atoms with van der Waals surface area (Å²) in [6, 6.07) is 15.4. The third-order valence-electron chi connectivity index (χ3n) is 8.49. The fourth-order valence-electron chi connectivity index (χ4n) is 6.46. The Hall–Kier alpha value is -4.33. The zero-order valence-corrected chi connectivity index (χ0v) is 24.3. The van der Waals surface area contributed by atoms with Crippen LogP contribution in [0.1, 0.15) is 88.4 Å². The van der Waals surface area contributed by atoms with Crippen LogP contribution in [0.25, 0.3) is 43.1 Å². The Morgan fingerprint density at radius 1 is 0.690 bits per heavy atom. The third-order valence-corrected chi connectivity index (χ3v) is 8.49. The lowest BCUT2D eigenvalue weighted by molar-refractivity contribution is -0.383. The van der Waals surface area contributed by atoms with Gasteiger partial charge in [-0.05, 0) is 45.8 Å². The molecule has 0 radical (unpaired) electrons. The number of non-ortho nitro benzene ring substituents is 2. The molecule has 0 aliphatic heterocycles. The number of benzene rings is 5. The quantitative estimate of drug-likeness (QED) is 0.0471. The minimum Gasteiger partial charge on any atom is -0.349 e. The van der Waals surface area contributed by atoms with Crippen LogP contribution in [0.3, 0.4) is 0 Å². The highest BCUT2D eigenvalue weighted by molar-refractivity contribution is 6.37. The van der Waals surface area contributed by atoms with E-state index in [1.807, 2.05) is 36.4 Å². The highest BCUT2D eigenvalue weighted by Crippen LogP contribution is 2.47. The standard InChI is InChI=1S/C34H37N3O5/c1-3-5-7-9-15-23(16-10-8-6-4-2)35-34(38)27-21-29(37(41)42)32-26-18-12-14-22-13-11-17-25(30(22)26)31-28(36(39)40)20-19-24(27)33(31)32/h11-14,17-21,23H,3-10,15-16H2,1-2H3,(H,35,38). The Morgan fingerprint density at radius 2 is 1.26 bits per heavy atom. The second-order valence-electron chi connectivity index (χ2n) is 11.3. The van der Waals surface area contributed by atoms with Gasteiger partial charge in [0.1, 0.15) is 0 Å². The van der Waals surface area contributed by atoms with Crippen molar-refractivity contribution in [2.24, 2.45) is 0 Å². The summed E-state index contributed by atoms with van der Waals surface area (Å²) in [7, 11) is 0. The third kappa shape index (κ3) is 5.45. The topological polar surface area (TPSA) is 115 Å². The van der Waals surface area contributed by atoms with E-state index in [4.69, 9.17) is 0 Å². The number of amides is 1. The summed E-state index contributed by atoms with van der Waals surface area (Å²) in [4.78, 5) is 37.8. The molecule has 5 aromatic rings. The van der Waals surface area contributed by atoms with Gasteiger partial charge in [-0.2, -0.15) is 0 Å². The van der Waals surface area contributed by atoms with E-state index in [1.54, 1.807) is 6.07 Å². The van der Waals surface area contributed by atoms with Gasteiger partial charge >= 0.3 is 0 Å². The Balaban J connectivity index is 1.70. The van der Waals surface area contributed by atoms with Gasteiger partial charge in [0.25, 0.3) is 17.3 Å². The molecule has 8 nitrogen and oxygen atoms in total. The fraction of sp³-hybridized carbons (Fsp3) is 0.382. The SMILES string of the molecule is CCCCCCC(CCCCCC)NC(=O)c1cc([N+](=O)[O-])c2c3cccc4cccc(c5c([N+](=O)[O-])ccc1c52)c43. The van der Waals surface area contributed by atoms with Gasteiger partial charge < -0.3 is 5.32 Å². The van der Waals surface area contributed by atoms with E-state index in [2.05, 4.69) is 19.2 Å². The molecule has 1 N–H and O–H groups in total. The van der Waals surface area contributed by atoms with E-state index >= 15 is 0 Å². The monoisotopic (exact) mass is 567 g/mol. The molecule has 0 bridgehead atoms. The number of nitrogens with zero attached hydrogens (tertiary/aromatic N) is 2. The first kappa shape index (κ1) is 29.2. The number of unbranched alkanes of at least 4 members (excludes halogenated alkanes) is 6. The van der Waals surface area contributed by atoms with Crippen molar-refractivity contribution in [3.63, 3.8) is 0 Å². The van der Waals surface area contributed by atoms with Gasteiger partial charge in [0.15, 0.2) is 0 Å². The number of carbonyl (C=O) groups is 1. The molecule has 5 rings (SSSR count). The van der Waals surface area contributed by atoms with Crippen molar-refractivity contribution >= 4 is 60.4 Å². The molecule has 0 unspecified atom stereocenters. The van der Waals surface area contributed by atoms with E-state index in [1.165, 1.54) is 12.1 Å². The molecule has 218 valence electrons. The molecule has 0 saturated carbocycles. The molecule has 0 aliphatic carbocycles. The van der Waals surface area contributed by atoms with Crippen molar-refractivity contribution in [2.45, 2.75) is 84.1 Å². The molecule has 5 aromatic carbocycles. The lowest BCUT2D eigenvalue weighted by Crippen LogP contribution is -2.35. The van der Waals surface area contributed by atoms with Crippen molar-refractivity contribution in [1.82, 2.24) is 5.32 Å². The van der Waals surface area contributed by atoms with Crippen molar-refractivity contribution in [3.8, 4) is 0 Å². The summed E-state index contributed by atoms with van der Waals surface area (Å²) in [5.41, 5.74) is -0.184. The normalized spacial score (nSPS) is 11.8. The molecule has 0 fully saturated rings. The highest BCUT2D eigenvalue weighted by atomic mass is 16.6. The van der Waals surface area contributed by atoms with Crippen LogP contribution in [0.15, 0.2) is 54.6 Å². The van der Waals surface area contributed by atoms with Crippen LogP contribution in [0.4, 0.5) is 11.4 Å². The van der Waals surface area contributed by atoms with Crippen LogP contribution >= 0.6 is 0 Å². The maximum Gasteiger partial charge on any atom is 0.278 e. The van der Waals surface area contributed by atoms with Gasteiger partial charge in [-0.1, -0.05) is 102 Å². The Bertz CT molecular complexity index is 1720. The summed E-state index contributed by atoms with van der Waals surface area (Å²) in [6.45, 7) is 4.33. The first-order chi connectivity index (χ1) is 20.4. The van der Waals surface area contributed by atoms with Gasteiger partial charge in [-0.25, -0.2) is 0 Å². The van der Waals surface area contributed by atoms with Gasteiger partial charge in [0.05, 0.1) is 26.2 Å². The minimum atomic E-state index is -0.478. The molecule has 0 saturated heterocycles. The van der Waals surface area contributed by atoms with Crippen LogP contribution in [-0.2, 0) is 0 Å². The second-order valence-corrected chi connectivity index (χ2v) is 11.3. The van der Waals surface area contributed by atoms with Crippen LogP contribution in [0.5, 0.6) is 0 Å². The number of hydrogen-bond donors (Lipinski definition) is 1. The number of nitro groups is 2. The largest absolute Gasteiger partial charge is 0.349 e. The molecule has 0 heterocycles. The molecular weight excluding hydrogens is 530 g/mol. The Labute approximate surface area is 244 Å². The number of nitrogens with one attached hydrogen (secondary N) is 1. The van der Waals surface area contributed by atoms with Gasteiger partial charge in [0, 0.05) is 23.6 Å². The molecule has 8 heteroatoms. The predicted molar refractivity (Wildman–Crippen MR) is 170 cm³/mol. The predicted octanol–water partition coefficient (Wildman–Crippen LogP) is 9.59. The molecule has 0 aromatic heterocycles. The number of nitro benzene ring substituents is 2. The van der Waals surface area contributed by atoms with E-state index in [0.717, 1.165) is 75.0 Å². The van der Waals surface area contributed by atoms with Gasteiger partial charge in [0.2, 0.25) is 0 Å². The van der Waals surface area contributed by atoms with Crippen molar-refractivity contribution in [1.29, 1.82) is 0 Å². The number of fused-ring (bicyclic) bond motifs is 2. The first-order valence-electron chi connectivity index (χ1n) is 15.1. The van der Waals surface area contributed by atoms with Crippen LogP contribution in [0, 0.1) is 20.2 Å². The summed E-state index contributed by atoms with van der Waals surface area (Å²) >= 11 is 0. The number of rotatable bonds is 14. The van der Waals surface area contributed by atoms with Gasteiger partial charge in [-0.3, -0.25) is 25.0 Å². The average molecular weight is 568 g/mol. The highest BCUT2D eigenvalue weighted by Gasteiger charge is 2.29. The first-order valence-corrected chi connectivity index (χ1v) is 15.1. The van der Waals surface area contributed by atoms with Crippen LogP contribution in [-0.4, -0.2) is 21.8 Å². The van der Waals surface area contributed by atoms with Crippen molar-refractivity contribution < 1.29 is 14.6 Å². The van der Waals surface area contributed by atoms with E-state index in [-0.39, 0.29) is 28.9 Å². The van der Waals surface area contributed by atoms with Gasteiger partial charge in [-0.15, -0.1) is 0 Å². The number of hydrogen-bond acceptors (Lipinski definition) is 5. The Morgan fingerprint density at radius 3 is 1.81 bits per heavy atom. The zero-order chi connectivity index (χ0) is 29.8. The Kier molecular flexibility index (Phi) is 8.80. The van der Waals surface area contributed by atoms with E-state index in [9.17, 15) is 25.0 Å².